The highest BCUT2D eigenvalue weighted by molar-refractivity contribution is 7.89. The summed E-state index contributed by atoms with van der Waals surface area (Å²) in [7, 11) is -3.73. The van der Waals surface area contributed by atoms with Gasteiger partial charge in [-0.3, -0.25) is 0 Å². The van der Waals surface area contributed by atoms with Crippen molar-refractivity contribution in [1.82, 2.24) is 24.7 Å². The Labute approximate surface area is 129 Å². The quantitative estimate of drug-likeness (QED) is 0.881. The molecule has 1 saturated carbocycles. The lowest BCUT2D eigenvalue weighted by Crippen LogP contribution is -2.36. The Hall–Kier alpha value is -1.74. The first-order valence-electron chi connectivity index (χ1n) is 7.06. The predicted molar refractivity (Wildman–Crippen MR) is 77.6 cm³/mol. The first kappa shape index (κ1) is 15.2. The van der Waals surface area contributed by atoms with Gasteiger partial charge in [0.2, 0.25) is 5.89 Å². The van der Waals surface area contributed by atoms with Crippen molar-refractivity contribution in [3.05, 3.63) is 24.5 Å². The maximum Gasteiger partial charge on any atom is 0.275 e. The fourth-order valence-electron chi connectivity index (χ4n) is 2.08. The summed E-state index contributed by atoms with van der Waals surface area (Å²) in [4.78, 5) is 5.61. The smallest absolute Gasteiger partial charge is 0.275 e. The van der Waals surface area contributed by atoms with E-state index < -0.39 is 10.0 Å². The molecule has 2 aromatic heterocycles. The van der Waals surface area contributed by atoms with E-state index in [9.17, 15) is 8.42 Å². The van der Waals surface area contributed by atoms with Crippen molar-refractivity contribution < 1.29 is 12.8 Å². The van der Waals surface area contributed by atoms with Gasteiger partial charge in [-0.25, -0.2) is 18.1 Å². The molecular weight excluding hydrogens is 306 g/mol. The standard InChI is InChI=1S/C13H19N5O3S/c1-12(2,3)11-14-8-10(21-11)22(19,20)17-9-13(4-5-13)18-15-6-7-16-18/h6-8,17H,4-5,9H2,1-3H3. The van der Waals surface area contributed by atoms with Crippen LogP contribution in [-0.2, 0) is 21.0 Å². The van der Waals surface area contributed by atoms with Gasteiger partial charge in [0.15, 0.2) is 0 Å². The number of aromatic nitrogens is 4. The monoisotopic (exact) mass is 325 g/mol. The van der Waals surface area contributed by atoms with E-state index in [0.717, 1.165) is 12.8 Å². The zero-order valence-corrected chi connectivity index (χ0v) is 13.6. The van der Waals surface area contributed by atoms with Crippen LogP contribution in [0.25, 0.3) is 0 Å². The Morgan fingerprint density at radius 3 is 2.45 bits per heavy atom. The molecule has 9 heteroatoms. The minimum absolute atomic E-state index is 0.165. The van der Waals surface area contributed by atoms with Crippen LogP contribution < -0.4 is 4.72 Å². The van der Waals surface area contributed by atoms with E-state index in [2.05, 4.69) is 19.9 Å². The lowest BCUT2D eigenvalue weighted by atomic mass is 9.97. The van der Waals surface area contributed by atoms with Gasteiger partial charge in [0, 0.05) is 12.0 Å². The Morgan fingerprint density at radius 1 is 1.32 bits per heavy atom. The van der Waals surface area contributed by atoms with Crippen molar-refractivity contribution in [1.29, 1.82) is 0 Å². The van der Waals surface area contributed by atoms with Crippen LogP contribution in [0.2, 0.25) is 0 Å². The van der Waals surface area contributed by atoms with Crippen molar-refractivity contribution in [2.45, 2.75) is 49.7 Å². The highest BCUT2D eigenvalue weighted by atomic mass is 32.2. The molecule has 0 unspecified atom stereocenters. The molecule has 1 fully saturated rings. The van der Waals surface area contributed by atoms with E-state index in [0.29, 0.717) is 5.89 Å². The van der Waals surface area contributed by atoms with E-state index in [1.807, 2.05) is 20.8 Å². The summed E-state index contributed by atoms with van der Waals surface area (Å²) in [5.74, 6) is 0.391. The minimum atomic E-state index is -3.73. The fourth-order valence-corrected chi connectivity index (χ4v) is 3.06. The third-order valence-corrected chi connectivity index (χ3v) is 4.90. The van der Waals surface area contributed by atoms with Gasteiger partial charge in [-0.05, 0) is 12.8 Å². The molecule has 1 aliphatic carbocycles. The summed E-state index contributed by atoms with van der Waals surface area (Å²) in [6, 6.07) is 0. The van der Waals surface area contributed by atoms with Crippen LogP contribution in [0.1, 0.15) is 39.5 Å². The minimum Gasteiger partial charge on any atom is -0.427 e. The molecule has 0 saturated heterocycles. The third-order valence-electron chi connectivity index (χ3n) is 3.65. The highest BCUT2D eigenvalue weighted by Crippen LogP contribution is 2.41. The average Bonchev–Trinajstić information content (AvgIpc) is 2.88. The molecule has 1 aliphatic rings. The highest BCUT2D eigenvalue weighted by Gasteiger charge is 2.47. The Bertz CT molecular complexity index is 754. The average molecular weight is 325 g/mol. The molecule has 0 atom stereocenters. The summed E-state index contributed by atoms with van der Waals surface area (Å²) in [5, 5.41) is 8.03. The molecule has 120 valence electrons. The topological polar surface area (TPSA) is 103 Å². The Morgan fingerprint density at radius 2 is 1.95 bits per heavy atom. The van der Waals surface area contributed by atoms with E-state index in [-0.39, 0.29) is 22.6 Å². The molecule has 22 heavy (non-hydrogen) atoms. The molecule has 0 radical (unpaired) electrons. The summed E-state index contributed by atoms with van der Waals surface area (Å²) >= 11 is 0. The molecule has 1 N–H and O–H groups in total. The summed E-state index contributed by atoms with van der Waals surface area (Å²) in [6.07, 6.45) is 6.09. The molecule has 2 aromatic rings. The van der Waals surface area contributed by atoms with Crippen molar-refractivity contribution in [3.63, 3.8) is 0 Å². The first-order chi connectivity index (χ1) is 10.2. The number of nitrogens with zero attached hydrogens (tertiary/aromatic N) is 4. The second-order valence-corrected chi connectivity index (χ2v) is 8.30. The zero-order chi connectivity index (χ0) is 16.0. The van der Waals surface area contributed by atoms with Crippen molar-refractivity contribution >= 4 is 10.0 Å². The number of hydrogen-bond donors (Lipinski definition) is 1. The summed E-state index contributed by atoms with van der Waals surface area (Å²) < 4.78 is 32.6. The number of rotatable bonds is 5. The molecule has 0 spiro atoms. The second kappa shape index (κ2) is 4.88. The Kier molecular flexibility index (Phi) is 3.37. The van der Waals surface area contributed by atoms with Gasteiger partial charge in [-0.2, -0.15) is 15.0 Å². The molecule has 0 amide bonds. The van der Waals surface area contributed by atoms with Gasteiger partial charge in [0.1, 0.15) is 0 Å². The van der Waals surface area contributed by atoms with Gasteiger partial charge in [0.05, 0.1) is 24.1 Å². The van der Waals surface area contributed by atoms with Crippen LogP contribution in [0.4, 0.5) is 0 Å². The number of hydrogen-bond acceptors (Lipinski definition) is 6. The molecular formula is C13H19N5O3S. The second-order valence-electron chi connectivity index (χ2n) is 6.60. The van der Waals surface area contributed by atoms with Gasteiger partial charge in [-0.1, -0.05) is 20.8 Å². The number of oxazole rings is 1. The maximum atomic E-state index is 12.3. The largest absolute Gasteiger partial charge is 0.427 e. The number of sulfonamides is 1. The molecule has 2 heterocycles. The van der Waals surface area contributed by atoms with Gasteiger partial charge in [0.25, 0.3) is 15.1 Å². The van der Waals surface area contributed by atoms with Crippen molar-refractivity contribution in [2.24, 2.45) is 0 Å². The zero-order valence-electron chi connectivity index (χ0n) is 12.8. The summed E-state index contributed by atoms with van der Waals surface area (Å²) in [5.41, 5.74) is -0.700. The van der Waals surface area contributed by atoms with Gasteiger partial charge in [-0.15, -0.1) is 0 Å². The molecule has 3 rings (SSSR count). The van der Waals surface area contributed by atoms with Crippen LogP contribution in [0, 0.1) is 0 Å². The molecule has 0 bridgehead atoms. The van der Waals surface area contributed by atoms with E-state index in [4.69, 9.17) is 4.42 Å². The van der Waals surface area contributed by atoms with Crippen LogP contribution >= 0.6 is 0 Å². The number of nitrogens with one attached hydrogen (secondary N) is 1. The molecule has 0 aromatic carbocycles. The van der Waals surface area contributed by atoms with Gasteiger partial charge >= 0.3 is 0 Å². The van der Waals surface area contributed by atoms with Crippen LogP contribution in [0.5, 0.6) is 0 Å². The van der Waals surface area contributed by atoms with Crippen LogP contribution in [0.3, 0.4) is 0 Å². The lowest BCUT2D eigenvalue weighted by molar-refractivity contribution is 0.339. The van der Waals surface area contributed by atoms with Crippen LogP contribution in [0.15, 0.2) is 28.1 Å². The van der Waals surface area contributed by atoms with E-state index >= 15 is 0 Å². The van der Waals surface area contributed by atoms with Crippen LogP contribution in [-0.4, -0.2) is 34.9 Å². The van der Waals surface area contributed by atoms with Crippen molar-refractivity contribution in [3.8, 4) is 0 Å². The third kappa shape index (κ3) is 2.78. The van der Waals surface area contributed by atoms with E-state index in [1.54, 1.807) is 17.2 Å². The normalized spacial score (nSPS) is 17.6. The molecule has 8 nitrogen and oxygen atoms in total. The first-order valence-corrected chi connectivity index (χ1v) is 8.54. The predicted octanol–water partition coefficient (Wildman–Crippen LogP) is 1.03. The maximum absolute atomic E-state index is 12.3. The molecule has 0 aliphatic heterocycles. The lowest BCUT2D eigenvalue weighted by Gasteiger charge is -2.15. The van der Waals surface area contributed by atoms with E-state index in [1.165, 1.54) is 6.20 Å². The SMILES string of the molecule is CC(C)(C)c1ncc(S(=O)(=O)NCC2(n3nccn3)CC2)o1. The fraction of sp³-hybridized carbons (Fsp3) is 0.615. The van der Waals surface area contributed by atoms with Crippen molar-refractivity contribution in [2.75, 3.05) is 6.54 Å². The van der Waals surface area contributed by atoms with Gasteiger partial charge < -0.3 is 4.42 Å². The Balaban J connectivity index is 1.73. The summed E-state index contributed by atoms with van der Waals surface area (Å²) in [6.45, 7) is 5.96.